The van der Waals surface area contributed by atoms with Gasteiger partial charge >= 0.3 is 5.97 Å². The second-order valence-electron chi connectivity index (χ2n) is 5.57. The lowest BCUT2D eigenvalue weighted by molar-refractivity contribution is -0.161. The predicted molar refractivity (Wildman–Crippen MR) is 90.3 cm³/mol. The fourth-order valence-corrected chi connectivity index (χ4v) is 2.78. The van der Waals surface area contributed by atoms with Crippen LogP contribution in [-0.2, 0) is 30.5 Å². The third kappa shape index (κ3) is 4.14. The smallest absolute Gasteiger partial charge is 0.350 e. The molecule has 2 heterocycles. The van der Waals surface area contributed by atoms with Crippen molar-refractivity contribution in [2.45, 2.75) is 25.5 Å². The third-order valence-electron chi connectivity index (χ3n) is 3.25. The molecular weight excluding hydrogens is 390 g/mol. The first-order chi connectivity index (χ1) is 12.0. The van der Waals surface area contributed by atoms with Gasteiger partial charge in [0, 0.05) is 5.38 Å². The van der Waals surface area contributed by atoms with Crippen LogP contribution in [0.15, 0.2) is 10.5 Å². The molecule has 0 aromatic carbocycles. The van der Waals surface area contributed by atoms with E-state index in [9.17, 15) is 18.6 Å². The number of amides is 2. The lowest BCUT2D eigenvalue weighted by atomic mass is 10.1. The van der Waals surface area contributed by atoms with E-state index in [1.54, 1.807) is 0 Å². The van der Waals surface area contributed by atoms with E-state index in [1.807, 2.05) is 0 Å². The minimum Gasteiger partial charge on any atom is -0.478 e. The molecule has 142 valence electrons. The number of anilines is 1. The van der Waals surface area contributed by atoms with Crippen LogP contribution in [0.5, 0.6) is 0 Å². The van der Waals surface area contributed by atoms with Gasteiger partial charge in [-0.2, -0.15) is 0 Å². The van der Waals surface area contributed by atoms with Crippen molar-refractivity contribution in [2.24, 2.45) is 5.16 Å². The Labute approximate surface area is 153 Å². The normalized spacial score (nSPS) is 18.9. The van der Waals surface area contributed by atoms with Gasteiger partial charge < -0.3 is 21.0 Å². The monoisotopic (exact) mass is 405 g/mol. The lowest BCUT2D eigenvalue weighted by Crippen LogP contribution is -2.64. The summed E-state index contributed by atoms with van der Waals surface area (Å²) in [6, 6.07) is -1.02. The number of hydrogen-bond donors (Lipinski definition) is 4. The molecule has 1 saturated heterocycles. The summed E-state index contributed by atoms with van der Waals surface area (Å²) in [6.45, 7) is 2.29. The predicted octanol–water partition coefficient (Wildman–Crippen LogP) is -1.23. The van der Waals surface area contributed by atoms with Crippen molar-refractivity contribution < 1.29 is 33.1 Å². The van der Waals surface area contributed by atoms with E-state index in [4.69, 9.17) is 20.2 Å². The Hall–Kier alpha value is -2.58. The molecule has 0 aliphatic carbocycles. The average molecular weight is 405 g/mol. The standard InChI is InChI=1S/C12H15N5O7S2/c1-12(2,10(20)21)24-16-7(6-4-25-11(13)15-6)8(18)14-5-3-17(9(5)19)26(22)23/h4-5H,3H2,1-2H3,(H2,13,15)(H,14,18)(H,20,21)(H,22,23)/b16-7-. The van der Waals surface area contributed by atoms with Crippen LogP contribution in [0.4, 0.5) is 5.13 Å². The molecule has 1 aliphatic heterocycles. The van der Waals surface area contributed by atoms with Gasteiger partial charge in [-0.25, -0.2) is 18.3 Å². The number of oxime groups is 1. The van der Waals surface area contributed by atoms with Gasteiger partial charge in [-0.15, -0.1) is 11.3 Å². The molecule has 2 atom stereocenters. The maximum atomic E-state index is 12.4. The van der Waals surface area contributed by atoms with Crippen molar-refractivity contribution in [1.82, 2.24) is 14.6 Å². The number of aromatic nitrogens is 1. The molecule has 2 rings (SSSR count). The molecule has 14 heteroatoms. The van der Waals surface area contributed by atoms with E-state index in [-0.39, 0.29) is 23.1 Å². The number of carboxylic acid groups (broad SMARTS) is 1. The highest BCUT2D eigenvalue weighted by molar-refractivity contribution is 7.77. The van der Waals surface area contributed by atoms with Crippen LogP contribution in [0.25, 0.3) is 0 Å². The quantitative estimate of drug-likeness (QED) is 0.187. The first-order valence-corrected chi connectivity index (χ1v) is 8.91. The number of carboxylic acids is 1. The Morgan fingerprint density at radius 2 is 2.23 bits per heavy atom. The number of aliphatic carboxylic acids is 1. The summed E-state index contributed by atoms with van der Waals surface area (Å²) >= 11 is -1.45. The number of β-lactam (4-membered cyclic amide) rings is 1. The molecule has 1 aromatic heterocycles. The highest BCUT2D eigenvalue weighted by Gasteiger charge is 2.42. The van der Waals surface area contributed by atoms with E-state index >= 15 is 0 Å². The van der Waals surface area contributed by atoms with Crippen LogP contribution < -0.4 is 11.1 Å². The lowest BCUT2D eigenvalue weighted by Gasteiger charge is -2.34. The van der Waals surface area contributed by atoms with Gasteiger partial charge in [0.25, 0.3) is 23.1 Å². The summed E-state index contributed by atoms with van der Waals surface area (Å²) in [5.74, 6) is -2.93. The summed E-state index contributed by atoms with van der Waals surface area (Å²) in [4.78, 5) is 44.0. The Bertz CT molecular complexity index is 806. The van der Waals surface area contributed by atoms with Crippen molar-refractivity contribution >= 4 is 51.2 Å². The zero-order valence-electron chi connectivity index (χ0n) is 13.5. The fourth-order valence-electron chi connectivity index (χ4n) is 1.67. The average Bonchev–Trinajstić information content (AvgIpc) is 2.96. The zero-order valence-corrected chi connectivity index (χ0v) is 15.2. The number of nitrogens with one attached hydrogen (secondary N) is 1. The molecule has 1 fully saturated rings. The number of thiazole rings is 1. The van der Waals surface area contributed by atoms with Gasteiger partial charge in [-0.3, -0.25) is 14.1 Å². The van der Waals surface area contributed by atoms with Crippen LogP contribution in [0, 0.1) is 0 Å². The molecule has 0 radical (unpaired) electrons. The van der Waals surface area contributed by atoms with Gasteiger partial charge in [-0.05, 0) is 13.8 Å². The molecule has 2 amide bonds. The fraction of sp³-hybridized carbons (Fsp3) is 0.417. The summed E-state index contributed by atoms with van der Waals surface area (Å²) in [7, 11) is 0. The van der Waals surface area contributed by atoms with Gasteiger partial charge in [-0.1, -0.05) is 5.16 Å². The molecular formula is C12H15N5O7S2. The molecule has 1 aliphatic rings. The minimum absolute atomic E-state index is 0.0283. The van der Waals surface area contributed by atoms with Crippen LogP contribution in [-0.4, -0.2) is 64.8 Å². The van der Waals surface area contributed by atoms with Crippen molar-refractivity contribution in [3.63, 3.8) is 0 Å². The number of carbonyl (C=O) groups is 3. The molecule has 5 N–H and O–H groups in total. The Balaban J connectivity index is 2.19. The molecule has 0 spiro atoms. The van der Waals surface area contributed by atoms with Gasteiger partial charge in [0.2, 0.25) is 5.60 Å². The van der Waals surface area contributed by atoms with Crippen molar-refractivity contribution in [1.29, 1.82) is 0 Å². The highest BCUT2D eigenvalue weighted by Crippen LogP contribution is 2.16. The Morgan fingerprint density at radius 3 is 2.69 bits per heavy atom. The van der Waals surface area contributed by atoms with E-state index in [2.05, 4.69) is 15.5 Å². The first-order valence-electron chi connectivity index (χ1n) is 6.97. The molecule has 0 bridgehead atoms. The Kier molecular flexibility index (Phi) is 5.58. The summed E-state index contributed by atoms with van der Waals surface area (Å²) in [5, 5.41) is 16.5. The highest BCUT2D eigenvalue weighted by atomic mass is 32.2. The zero-order chi connectivity index (χ0) is 19.6. The number of hydrogen-bond acceptors (Lipinski definition) is 9. The molecule has 26 heavy (non-hydrogen) atoms. The van der Waals surface area contributed by atoms with Crippen molar-refractivity contribution in [3.05, 3.63) is 11.1 Å². The summed E-state index contributed by atoms with van der Waals surface area (Å²) in [5.41, 5.74) is 3.45. The van der Waals surface area contributed by atoms with E-state index in [0.29, 0.717) is 4.31 Å². The number of nitrogens with zero attached hydrogens (tertiary/aromatic N) is 3. The minimum atomic E-state index is -2.47. The number of nitrogens with two attached hydrogens (primary N) is 1. The molecule has 0 saturated carbocycles. The van der Waals surface area contributed by atoms with Crippen LogP contribution in [0.2, 0.25) is 0 Å². The molecule has 12 nitrogen and oxygen atoms in total. The topological polar surface area (TPSA) is 185 Å². The van der Waals surface area contributed by atoms with Crippen LogP contribution in [0.1, 0.15) is 19.5 Å². The first kappa shape index (κ1) is 19.7. The summed E-state index contributed by atoms with van der Waals surface area (Å²) in [6.07, 6.45) is 0. The molecule has 2 unspecified atom stereocenters. The molecule has 1 aromatic rings. The largest absolute Gasteiger partial charge is 0.478 e. The summed E-state index contributed by atoms with van der Waals surface area (Å²) < 4.78 is 20.3. The van der Waals surface area contributed by atoms with Crippen molar-refractivity contribution in [3.8, 4) is 0 Å². The van der Waals surface area contributed by atoms with Gasteiger partial charge in [0.15, 0.2) is 10.8 Å². The Morgan fingerprint density at radius 1 is 1.58 bits per heavy atom. The maximum Gasteiger partial charge on any atom is 0.350 e. The van der Waals surface area contributed by atoms with E-state index < -0.39 is 40.7 Å². The van der Waals surface area contributed by atoms with E-state index in [1.165, 1.54) is 19.2 Å². The third-order valence-corrected chi connectivity index (χ3v) is 4.63. The van der Waals surface area contributed by atoms with E-state index in [0.717, 1.165) is 11.3 Å². The van der Waals surface area contributed by atoms with Crippen molar-refractivity contribution in [2.75, 3.05) is 12.3 Å². The van der Waals surface area contributed by atoms with Gasteiger partial charge in [0.05, 0.1) is 6.54 Å². The number of nitrogen functional groups attached to an aromatic ring is 1. The second-order valence-corrected chi connectivity index (χ2v) is 7.37. The van der Waals surface area contributed by atoms with Crippen LogP contribution in [0.3, 0.4) is 0 Å². The number of carbonyl (C=O) groups excluding carboxylic acids is 2. The maximum absolute atomic E-state index is 12.4. The SMILES string of the molecule is CC(C)(O/N=C(\C(=O)NC1CN(S(=O)O)C1=O)c1csc(N)n1)C(=O)O. The van der Waals surface area contributed by atoms with Crippen LogP contribution >= 0.6 is 11.3 Å². The number of rotatable bonds is 7. The second kappa shape index (κ2) is 7.35. The van der Waals surface area contributed by atoms with Gasteiger partial charge in [0.1, 0.15) is 11.7 Å².